The number of nitrogens with two attached hydrogens (primary N) is 1. The molecule has 4 nitrogen and oxygen atoms in total. The van der Waals surface area contributed by atoms with Gasteiger partial charge in [-0.1, -0.05) is 41.5 Å². The molecule has 5 heteroatoms. The van der Waals surface area contributed by atoms with E-state index in [0.717, 1.165) is 0 Å². The van der Waals surface area contributed by atoms with Crippen LogP contribution in [0.2, 0.25) is 0 Å². The van der Waals surface area contributed by atoms with Gasteiger partial charge in [-0.25, -0.2) is 0 Å². The van der Waals surface area contributed by atoms with Crippen LogP contribution in [-0.4, -0.2) is 27.6 Å². The van der Waals surface area contributed by atoms with E-state index < -0.39 is 17.4 Å². The average molecular weight is 332 g/mol. The standard InChI is InChI=1S/C17H29NO3.ClH/c1-10(18)14(20)17(21)8-11(15(2,3)4)13(19)12(9-17)16(5,6)7;/h8,10,19,21H,9,18H2,1-7H3;1H. The van der Waals surface area contributed by atoms with Crippen molar-refractivity contribution in [3.8, 4) is 0 Å². The van der Waals surface area contributed by atoms with E-state index in [1.807, 2.05) is 41.5 Å². The van der Waals surface area contributed by atoms with Gasteiger partial charge in [-0.2, -0.15) is 0 Å². The summed E-state index contributed by atoms with van der Waals surface area (Å²) in [6.45, 7) is 13.3. The minimum atomic E-state index is -1.65. The Morgan fingerprint density at radius 1 is 1.23 bits per heavy atom. The fourth-order valence-corrected chi connectivity index (χ4v) is 2.62. The highest BCUT2D eigenvalue weighted by atomic mass is 35.5. The molecule has 4 N–H and O–H groups in total. The summed E-state index contributed by atoms with van der Waals surface area (Å²) in [5, 5.41) is 21.5. The molecule has 0 fully saturated rings. The summed E-state index contributed by atoms with van der Waals surface area (Å²) in [5.74, 6) is -0.226. The molecule has 0 saturated carbocycles. The molecule has 2 unspecified atom stereocenters. The molecule has 1 aliphatic rings. The number of hydrogen-bond acceptors (Lipinski definition) is 4. The van der Waals surface area contributed by atoms with Crippen molar-refractivity contribution < 1.29 is 15.0 Å². The van der Waals surface area contributed by atoms with E-state index in [1.165, 1.54) is 6.08 Å². The highest BCUT2D eigenvalue weighted by Crippen LogP contribution is 2.45. The van der Waals surface area contributed by atoms with Crippen molar-refractivity contribution in [3.05, 3.63) is 23.0 Å². The second-order valence-corrected chi connectivity index (χ2v) is 8.14. The quantitative estimate of drug-likeness (QED) is 0.725. The number of rotatable bonds is 2. The zero-order valence-electron chi connectivity index (χ0n) is 14.7. The summed E-state index contributed by atoms with van der Waals surface area (Å²) in [5.41, 5.74) is 4.58. The van der Waals surface area contributed by atoms with Crippen LogP contribution in [0, 0.1) is 10.8 Å². The molecule has 0 bridgehead atoms. The van der Waals surface area contributed by atoms with Crippen LogP contribution < -0.4 is 5.73 Å². The second kappa shape index (κ2) is 6.34. The predicted molar refractivity (Wildman–Crippen MR) is 92.1 cm³/mol. The Kier molecular flexibility index (Phi) is 6.10. The number of carbonyl (C=O) groups is 1. The number of carbonyl (C=O) groups excluding carboxylic acids is 1. The van der Waals surface area contributed by atoms with Gasteiger partial charge in [-0.15, -0.1) is 12.4 Å². The Labute approximate surface area is 139 Å². The SMILES string of the molecule is CC(N)C(=O)C1(O)C=C(C(C)(C)C)C(O)=C(C(C)(C)C)C1.Cl. The summed E-state index contributed by atoms with van der Waals surface area (Å²) in [4.78, 5) is 12.3. The number of aliphatic hydroxyl groups excluding tert-OH is 1. The van der Waals surface area contributed by atoms with Crippen LogP contribution in [0.25, 0.3) is 0 Å². The van der Waals surface area contributed by atoms with Gasteiger partial charge in [-0.3, -0.25) is 4.79 Å². The zero-order chi connectivity index (χ0) is 16.8. The summed E-state index contributed by atoms with van der Waals surface area (Å²) in [7, 11) is 0. The van der Waals surface area contributed by atoms with Gasteiger partial charge in [0.1, 0.15) is 11.4 Å². The first-order valence-electron chi connectivity index (χ1n) is 7.39. The third-order valence-corrected chi connectivity index (χ3v) is 3.92. The molecule has 0 aromatic rings. The van der Waals surface area contributed by atoms with E-state index in [9.17, 15) is 15.0 Å². The lowest BCUT2D eigenvalue weighted by molar-refractivity contribution is -0.134. The van der Waals surface area contributed by atoms with Gasteiger partial charge in [0.15, 0.2) is 5.78 Å². The van der Waals surface area contributed by atoms with Crippen molar-refractivity contribution in [2.24, 2.45) is 16.6 Å². The minimum absolute atomic E-state index is 0. The Balaban J connectivity index is 0.00000441. The van der Waals surface area contributed by atoms with Crippen molar-refractivity contribution in [2.75, 3.05) is 0 Å². The normalized spacial score (nSPS) is 24.5. The van der Waals surface area contributed by atoms with Crippen molar-refractivity contribution in [3.63, 3.8) is 0 Å². The Morgan fingerprint density at radius 3 is 2.00 bits per heavy atom. The van der Waals surface area contributed by atoms with Gasteiger partial charge in [0, 0.05) is 6.42 Å². The maximum Gasteiger partial charge on any atom is 0.184 e. The van der Waals surface area contributed by atoms with Gasteiger partial charge in [-0.05, 0) is 35.0 Å². The van der Waals surface area contributed by atoms with Crippen LogP contribution in [0.4, 0.5) is 0 Å². The smallest absolute Gasteiger partial charge is 0.184 e. The Bertz CT molecular complexity index is 507. The van der Waals surface area contributed by atoms with Crippen molar-refractivity contribution in [1.82, 2.24) is 0 Å². The van der Waals surface area contributed by atoms with Gasteiger partial charge in [0.2, 0.25) is 0 Å². The third-order valence-electron chi connectivity index (χ3n) is 3.92. The fourth-order valence-electron chi connectivity index (χ4n) is 2.62. The molecule has 0 heterocycles. The lowest BCUT2D eigenvalue weighted by atomic mass is 9.68. The number of halogens is 1. The molecule has 0 spiro atoms. The maximum absolute atomic E-state index is 12.3. The third kappa shape index (κ3) is 4.12. The van der Waals surface area contributed by atoms with Crippen LogP contribution in [0.1, 0.15) is 54.9 Å². The number of Topliss-reactive ketones (excluding diaryl/α,β-unsaturated/α-hetero) is 1. The molecule has 128 valence electrons. The van der Waals surface area contributed by atoms with E-state index >= 15 is 0 Å². The number of ketones is 1. The molecule has 0 radical (unpaired) electrons. The van der Waals surface area contributed by atoms with Crippen LogP contribution in [0.15, 0.2) is 23.0 Å². The lowest BCUT2D eigenvalue weighted by Crippen LogP contribution is -2.49. The number of hydrogen-bond donors (Lipinski definition) is 3. The molecule has 0 saturated heterocycles. The molecule has 0 aliphatic heterocycles. The highest BCUT2D eigenvalue weighted by Gasteiger charge is 2.44. The summed E-state index contributed by atoms with van der Waals surface area (Å²) in [6.07, 6.45) is 1.57. The molecule has 0 amide bonds. The predicted octanol–water partition coefficient (Wildman–Crippen LogP) is 3.29. The summed E-state index contributed by atoms with van der Waals surface area (Å²) in [6, 6.07) is -0.756. The van der Waals surface area contributed by atoms with E-state index in [1.54, 1.807) is 6.92 Å². The van der Waals surface area contributed by atoms with Crippen molar-refractivity contribution in [1.29, 1.82) is 0 Å². The molecule has 2 atom stereocenters. The van der Waals surface area contributed by atoms with Crippen LogP contribution in [0.3, 0.4) is 0 Å². The minimum Gasteiger partial charge on any atom is -0.508 e. The molecular weight excluding hydrogens is 302 g/mol. The molecule has 22 heavy (non-hydrogen) atoms. The zero-order valence-corrected chi connectivity index (χ0v) is 15.5. The largest absolute Gasteiger partial charge is 0.508 e. The van der Waals surface area contributed by atoms with E-state index in [-0.39, 0.29) is 35.4 Å². The second-order valence-electron chi connectivity index (χ2n) is 8.14. The van der Waals surface area contributed by atoms with Crippen LogP contribution in [-0.2, 0) is 4.79 Å². The summed E-state index contributed by atoms with van der Waals surface area (Å²) < 4.78 is 0. The van der Waals surface area contributed by atoms with Crippen LogP contribution >= 0.6 is 12.4 Å². The number of allylic oxidation sites excluding steroid dienone is 1. The first kappa shape index (κ1) is 21.2. The van der Waals surface area contributed by atoms with Gasteiger partial charge in [0.25, 0.3) is 0 Å². The van der Waals surface area contributed by atoms with E-state index in [2.05, 4.69) is 0 Å². The average Bonchev–Trinajstić information content (AvgIpc) is 2.28. The van der Waals surface area contributed by atoms with Gasteiger partial charge >= 0.3 is 0 Å². The van der Waals surface area contributed by atoms with E-state index in [4.69, 9.17) is 5.73 Å². The van der Waals surface area contributed by atoms with Gasteiger partial charge < -0.3 is 15.9 Å². The summed E-state index contributed by atoms with van der Waals surface area (Å²) >= 11 is 0. The van der Waals surface area contributed by atoms with Gasteiger partial charge in [0.05, 0.1) is 6.04 Å². The molecular formula is C17H30ClNO3. The molecule has 0 aromatic heterocycles. The first-order valence-corrected chi connectivity index (χ1v) is 7.39. The molecule has 1 aliphatic carbocycles. The Hall–Kier alpha value is -0.840. The molecule has 0 aromatic carbocycles. The number of aliphatic hydroxyl groups is 2. The highest BCUT2D eigenvalue weighted by molar-refractivity contribution is 5.94. The first-order chi connectivity index (χ1) is 9.20. The lowest BCUT2D eigenvalue weighted by Gasteiger charge is -2.39. The van der Waals surface area contributed by atoms with E-state index in [0.29, 0.717) is 11.1 Å². The topological polar surface area (TPSA) is 83.6 Å². The fraction of sp³-hybridized carbons (Fsp3) is 0.706. The molecule has 1 rings (SSSR count). The monoisotopic (exact) mass is 331 g/mol. The van der Waals surface area contributed by atoms with Crippen molar-refractivity contribution >= 4 is 18.2 Å². The van der Waals surface area contributed by atoms with Crippen molar-refractivity contribution in [2.45, 2.75) is 66.5 Å². The Morgan fingerprint density at radius 2 is 1.68 bits per heavy atom. The maximum atomic E-state index is 12.3. The van der Waals surface area contributed by atoms with Crippen LogP contribution in [0.5, 0.6) is 0 Å².